The summed E-state index contributed by atoms with van der Waals surface area (Å²) in [4.78, 5) is 34.7. The fourth-order valence-electron chi connectivity index (χ4n) is 1.83. The van der Waals surface area contributed by atoms with Crippen molar-refractivity contribution in [1.82, 2.24) is 5.32 Å². The van der Waals surface area contributed by atoms with Gasteiger partial charge in [0.2, 0.25) is 5.91 Å². The molecule has 0 bridgehead atoms. The number of nitrogens with one attached hydrogen (secondary N) is 1. The van der Waals surface area contributed by atoms with Gasteiger partial charge in [0, 0.05) is 13.3 Å². The van der Waals surface area contributed by atoms with Crippen LogP contribution in [-0.4, -0.2) is 30.0 Å². The molecule has 0 aliphatic carbocycles. The zero-order valence-corrected chi connectivity index (χ0v) is 11.3. The third-order valence-electron chi connectivity index (χ3n) is 2.67. The maximum atomic E-state index is 12.0. The van der Waals surface area contributed by atoms with Crippen LogP contribution in [0.15, 0.2) is 30.3 Å². The van der Waals surface area contributed by atoms with Gasteiger partial charge in [0.25, 0.3) is 0 Å². The minimum Gasteiger partial charge on any atom is -0.547 e. The molecule has 0 aliphatic heterocycles. The van der Waals surface area contributed by atoms with Crippen LogP contribution in [0.4, 0.5) is 0 Å². The summed E-state index contributed by atoms with van der Waals surface area (Å²) in [6, 6.07) is 8.47. The Kier molecular flexibility index (Phi) is 5.25. The van der Waals surface area contributed by atoms with Crippen molar-refractivity contribution in [2.45, 2.75) is 25.8 Å². The first-order valence-electron chi connectivity index (χ1n) is 6.13. The number of hydrogen-bond acceptors (Lipinski definition) is 5. The molecule has 6 nitrogen and oxygen atoms in total. The number of carbonyl (C=O) groups is 3. The van der Waals surface area contributed by atoms with Crippen LogP contribution < -0.4 is 10.4 Å². The minimum atomic E-state index is -2.22. The van der Waals surface area contributed by atoms with Gasteiger partial charge in [-0.25, -0.2) is 4.79 Å². The highest BCUT2D eigenvalue weighted by Gasteiger charge is 2.42. The molecule has 1 aromatic rings. The summed E-state index contributed by atoms with van der Waals surface area (Å²) in [5, 5.41) is 13.6. The van der Waals surface area contributed by atoms with Gasteiger partial charge in [-0.2, -0.15) is 0 Å². The van der Waals surface area contributed by atoms with Crippen LogP contribution in [0.5, 0.6) is 0 Å². The summed E-state index contributed by atoms with van der Waals surface area (Å²) in [6.07, 6.45) is -0.241. The average molecular weight is 278 g/mol. The molecule has 0 heterocycles. The van der Waals surface area contributed by atoms with E-state index in [0.717, 1.165) is 6.92 Å². The largest absolute Gasteiger partial charge is 0.547 e. The van der Waals surface area contributed by atoms with E-state index in [1.807, 2.05) is 0 Å². The van der Waals surface area contributed by atoms with Crippen LogP contribution in [-0.2, 0) is 25.5 Å². The summed E-state index contributed by atoms with van der Waals surface area (Å²) in [5.74, 6) is -3.40. The second-order valence-corrected chi connectivity index (χ2v) is 4.26. The standard InChI is InChI=1S/C14H17NO5/c1-3-20-13(19)14(12(17)18,15-10(2)16)9-11-7-5-4-6-8-11/h4-8H,3,9H2,1-2H3,(H,15,16)(H,17,18)/p-1. The van der Waals surface area contributed by atoms with E-state index < -0.39 is 23.4 Å². The molecule has 0 spiro atoms. The van der Waals surface area contributed by atoms with Crippen LogP contribution in [0.25, 0.3) is 0 Å². The number of hydrogen-bond donors (Lipinski definition) is 1. The Hall–Kier alpha value is -2.37. The Morgan fingerprint density at radius 3 is 2.30 bits per heavy atom. The second kappa shape index (κ2) is 6.70. The summed E-state index contributed by atoms with van der Waals surface area (Å²) in [6.45, 7) is 2.68. The van der Waals surface area contributed by atoms with Crippen LogP contribution in [0.3, 0.4) is 0 Å². The van der Waals surface area contributed by atoms with E-state index in [1.54, 1.807) is 37.3 Å². The Balaban J connectivity index is 3.18. The fraction of sp³-hybridized carbons (Fsp3) is 0.357. The van der Waals surface area contributed by atoms with Crippen molar-refractivity contribution < 1.29 is 24.2 Å². The number of carboxylic acid groups (broad SMARTS) is 1. The topological polar surface area (TPSA) is 95.5 Å². The Morgan fingerprint density at radius 1 is 1.25 bits per heavy atom. The van der Waals surface area contributed by atoms with Gasteiger partial charge in [-0.05, 0) is 12.5 Å². The maximum absolute atomic E-state index is 12.0. The van der Waals surface area contributed by atoms with E-state index in [-0.39, 0.29) is 13.0 Å². The molecule has 0 radical (unpaired) electrons. The normalized spacial score (nSPS) is 13.1. The lowest BCUT2D eigenvalue weighted by molar-refractivity contribution is -0.313. The molecule has 1 aromatic carbocycles. The van der Waals surface area contributed by atoms with E-state index in [1.165, 1.54) is 0 Å². The number of ether oxygens (including phenoxy) is 1. The van der Waals surface area contributed by atoms with Crippen LogP contribution in [0.1, 0.15) is 19.4 Å². The van der Waals surface area contributed by atoms with Crippen molar-refractivity contribution in [2.75, 3.05) is 6.61 Å². The van der Waals surface area contributed by atoms with E-state index in [9.17, 15) is 19.5 Å². The number of esters is 1. The first-order valence-corrected chi connectivity index (χ1v) is 6.13. The molecular formula is C14H16NO5-. The van der Waals surface area contributed by atoms with E-state index in [2.05, 4.69) is 5.32 Å². The number of aliphatic carboxylic acids is 1. The monoisotopic (exact) mass is 278 g/mol. The van der Waals surface area contributed by atoms with Crippen molar-refractivity contribution in [1.29, 1.82) is 0 Å². The number of benzene rings is 1. The highest BCUT2D eigenvalue weighted by molar-refractivity contribution is 6.06. The third kappa shape index (κ3) is 3.57. The molecule has 0 saturated heterocycles. The van der Waals surface area contributed by atoms with Gasteiger partial charge < -0.3 is 20.0 Å². The predicted molar refractivity (Wildman–Crippen MR) is 68.3 cm³/mol. The predicted octanol–water partition coefficient (Wildman–Crippen LogP) is -0.583. The molecule has 1 amide bonds. The van der Waals surface area contributed by atoms with E-state index >= 15 is 0 Å². The Labute approximate surface area is 116 Å². The van der Waals surface area contributed by atoms with Crippen LogP contribution in [0.2, 0.25) is 0 Å². The summed E-state index contributed by atoms with van der Waals surface area (Å²) in [5.41, 5.74) is -1.65. The SMILES string of the molecule is CCOC(=O)C(Cc1ccccc1)(NC(C)=O)C(=O)[O-]. The second-order valence-electron chi connectivity index (χ2n) is 4.26. The van der Waals surface area contributed by atoms with E-state index in [4.69, 9.17) is 4.74 Å². The van der Waals surface area contributed by atoms with Gasteiger partial charge in [-0.1, -0.05) is 30.3 Å². The summed E-state index contributed by atoms with van der Waals surface area (Å²) in [7, 11) is 0. The lowest BCUT2D eigenvalue weighted by Crippen LogP contribution is -2.66. The molecule has 0 aliphatic rings. The molecule has 20 heavy (non-hydrogen) atoms. The fourth-order valence-corrected chi connectivity index (χ4v) is 1.83. The number of amides is 1. The van der Waals surface area contributed by atoms with Crippen LogP contribution in [0, 0.1) is 0 Å². The molecule has 1 rings (SSSR count). The first-order chi connectivity index (χ1) is 9.42. The zero-order valence-electron chi connectivity index (χ0n) is 11.3. The van der Waals surface area contributed by atoms with Gasteiger partial charge >= 0.3 is 5.97 Å². The average Bonchev–Trinajstić information content (AvgIpc) is 2.38. The Morgan fingerprint density at radius 2 is 1.85 bits per heavy atom. The molecule has 1 N–H and O–H groups in total. The molecule has 108 valence electrons. The van der Waals surface area contributed by atoms with Gasteiger partial charge in [-0.3, -0.25) is 4.79 Å². The maximum Gasteiger partial charge on any atom is 0.338 e. The number of rotatable bonds is 6. The lowest BCUT2D eigenvalue weighted by Gasteiger charge is -2.32. The highest BCUT2D eigenvalue weighted by atomic mass is 16.5. The van der Waals surface area contributed by atoms with Gasteiger partial charge in [0.05, 0.1) is 12.6 Å². The molecule has 0 aromatic heterocycles. The highest BCUT2D eigenvalue weighted by Crippen LogP contribution is 2.16. The third-order valence-corrected chi connectivity index (χ3v) is 2.67. The Bertz CT molecular complexity index is 500. The van der Waals surface area contributed by atoms with Gasteiger partial charge in [0.15, 0.2) is 5.54 Å². The summed E-state index contributed by atoms with van der Waals surface area (Å²) >= 11 is 0. The molecule has 1 atom stereocenters. The smallest absolute Gasteiger partial charge is 0.338 e. The zero-order chi connectivity index (χ0) is 15.2. The lowest BCUT2D eigenvalue weighted by atomic mass is 9.90. The number of carbonyl (C=O) groups excluding carboxylic acids is 3. The van der Waals surface area contributed by atoms with Crippen molar-refractivity contribution >= 4 is 17.8 Å². The minimum absolute atomic E-state index is 0.00222. The van der Waals surface area contributed by atoms with Crippen LogP contribution >= 0.6 is 0 Å². The molecule has 1 unspecified atom stereocenters. The van der Waals surface area contributed by atoms with Crippen molar-refractivity contribution in [3.8, 4) is 0 Å². The van der Waals surface area contributed by atoms with Crippen molar-refractivity contribution in [2.24, 2.45) is 0 Å². The van der Waals surface area contributed by atoms with Gasteiger partial charge in [-0.15, -0.1) is 0 Å². The van der Waals surface area contributed by atoms with Crippen molar-refractivity contribution in [3.63, 3.8) is 0 Å². The first kappa shape index (κ1) is 15.7. The molecule has 0 fully saturated rings. The quantitative estimate of drug-likeness (QED) is 0.554. The number of carboxylic acids is 1. The van der Waals surface area contributed by atoms with E-state index in [0.29, 0.717) is 5.56 Å². The van der Waals surface area contributed by atoms with Gasteiger partial charge in [0.1, 0.15) is 0 Å². The molecular weight excluding hydrogens is 262 g/mol. The molecule has 0 saturated carbocycles. The van der Waals surface area contributed by atoms with Crippen molar-refractivity contribution in [3.05, 3.63) is 35.9 Å². The molecule has 6 heteroatoms. The summed E-state index contributed by atoms with van der Waals surface area (Å²) < 4.78 is 4.77.